The van der Waals surface area contributed by atoms with E-state index in [4.69, 9.17) is 28.3 Å². The number of carboxylic acid groups (broad SMARTS) is 1. The molecule has 0 heterocycles. The lowest BCUT2D eigenvalue weighted by atomic mass is 9.92. The van der Waals surface area contributed by atoms with Crippen molar-refractivity contribution < 1.29 is 19.1 Å². The van der Waals surface area contributed by atoms with Crippen LogP contribution in [0.5, 0.6) is 0 Å². The van der Waals surface area contributed by atoms with Gasteiger partial charge in [0.15, 0.2) is 5.82 Å². The van der Waals surface area contributed by atoms with Crippen molar-refractivity contribution in [2.45, 2.75) is 13.8 Å². The smallest absolute Gasteiger partial charge is 0.318 e. The summed E-state index contributed by atoms with van der Waals surface area (Å²) in [6.07, 6.45) is 0. The van der Waals surface area contributed by atoms with Gasteiger partial charge in [-0.3, -0.25) is 9.59 Å². The van der Waals surface area contributed by atoms with Crippen molar-refractivity contribution in [3.63, 3.8) is 0 Å². The van der Waals surface area contributed by atoms with Crippen molar-refractivity contribution >= 4 is 40.8 Å². The molecule has 0 aliphatic carbocycles. The zero-order valence-corrected chi connectivity index (χ0v) is 11.1. The van der Waals surface area contributed by atoms with E-state index in [0.717, 1.165) is 12.1 Å². The minimum atomic E-state index is -1.62. The molecule has 7 heteroatoms. The Labute approximate surface area is 113 Å². The number of amides is 1. The number of hydrogen-bond acceptors (Lipinski definition) is 2. The first-order chi connectivity index (χ1) is 8.16. The number of carbonyl (C=O) groups is 2. The predicted octanol–water partition coefficient (Wildman–Crippen LogP) is 3.18. The summed E-state index contributed by atoms with van der Waals surface area (Å²) in [7, 11) is 0. The van der Waals surface area contributed by atoms with Crippen LogP contribution in [0.25, 0.3) is 0 Å². The first-order valence-corrected chi connectivity index (χ1v) is 5.61. The van der Waals surface area contributed by atoms with E-state index in [1.165, 1.54) is 13.8 Å². The highest BCUT2D eigenvalue weighted by Gasteiger charge is 2.36. The first-order valence-electron chi connectivity index (χ1n) is 4.85. The summed E-state index contributed by atoms with van der Waals surface area (Å²) in [6.45, 7) is 2.49. The highest BCUT2D eigenvalue weighted by molar-refractivity contribution is 6.35. The molecule has 98 valence electrons. The number of hydrogen-bond donors (Lipinski definition) is 2. The maximum atomic E-state index is 13.1. The molecule has 0 bridgehead atoms. The highest BCUT2D eigenvalue weighted by atomic mass is 35.5. The molecule has 0 atom stereocenters. The van der Waals surface area contributed by atoms with Crippen molar-refractivity contribution in [1.82, 2.24) is 0 Å². The lowest BCUT2D eigenvalue weighted by Gasteiger charge is -2.18. The van der Waals surface area contributed by atoms with Crippen molar-refractivity contribution in [3.8, 4) is 0 Å². The zero-order chi connectivity index (χ0) is 14.1. The molecule has 4 nitrogen and oxygen atoms in total. The van der Waals surface area contributed by atoms with Gasteiger partial charge in [-0.05, 0) is 26.0 Å². The van der Waals surface area contributed by atoms with Crippen LogP contribution in [-0.4, -0.2) is 17.0 Å². The van der Waals surface area contributed by atoms with Crippen LogP contribution in [0.15, 0.2) is 12.1 Å². The molecule has 0 unspecified atom stereocenters. The summed E-state index contributed by atoms with van der Waals surface area (Å²) in [5, 5.41) is 10.7. The van der Waals surface area contributed by atoms with Crippen LogP contribution in [0.3, 0.4) is 0 Å². The van der Waals surface area contributed by atoms with Crippen LogP contribution in [0.2, 0.25) is 10.0 Å². The van der Waals surface area contributed by atoms with Crippen LogP contribution < -0.4 is 5.32 Å². The van der Waals surface area contributed by atoms with Gasteiger partial charge in [0, 0.05) is 5.69 Å². The highest BCUT2D eigenvalue weighted by Crippen LogP contribution is 2.28. The molecular weight excluding hydrogens is 284 g/mol. The molecule has 0 saturated heterocycles. The fourth-order valence-electron chi connectivity index (χ4n) is 1.01. The number of carboxylic acids is 1. The third-order valence-corrected chi connectivity index (χ3v) is 2.89. The molecule has 2 N–H and O–H groups in total. The standard InChI is InChI=1S/C11H10Cl2FNO3/c1-11(2,10(17)18)9(16)15-5-3-6(12)8(14)7(13)4-5/h3-4H,1-2H3,(H,15,16)(H,17,18). The van der Waals surface area contributed by atoms with E-state index in [9.17, 15) is 14.0 Å². The number of nitrogens with one attached hydrogen (secondary N) is 1. The molecule has 0 fully saturated rings. The number of anilines is 1. The molecule has 1 rings (SSSR count). The average molecular weight is 294 g/mol. The number of rotatable bonds is 3. The summed E-state index contributed by atoms with van der Waals surface area (Å²) in [5.41, 5.74) is -1.49. The largest absolute Gasteiger partial charge is 0.480 e. The Morgan fingerprint density at radius 3 is 2.11 bits per heavy atom. The van der Waals surface area contributed by atoms with Gasteiger partial charge in [-0.2, -0.15) is 0 Å². The Morgan fingerprint density at radius 2 is 1.72 bits per heavy atom. The van der Waals surface area contributed by atoms with E-state index in [0.29, 0.717) is 0 Å². The van der Waals surface area contributed by atoms with E-state index in [1.807, 2.05) is 0 Å². The summed E-state index contributed by atoms with van der Waals surface area (Å²) in [6, 6.07) is 2.30. The van der Waals surface area contributed by atoms with E-state index < -0.39 is 23.1 Å². The number of carbonyl (C=O) groups excluding carboxylic acids is 1. The fourth-order valence-corrected chi connectivity index (χ4v) is 1.50. The van der Waals surface area contributed by atoms with Gasteiger partial charge in [0.25, 0.3) is 0 Å². The van der Waals surface area contributed by atoms with Gasteiger partial charge in [0.2, 0.25) is 5.91 Å². The van der Waals surface area contributed by atoms with Crippen molar-refractivity contribution in [3.05, 3.63) is 28.0 Å². The van der Waals surface area contributed by atoms with E-state index >= 15 is 0 Å². The second kappa shape index (κ2) is 5.12. The van der Waals surface area contributed by atoms with Gasteiger partial charge < -0.3 is 10.4 Å². The van der Waals surface area contributed by atoms with E-state index in [1.54, 1.807) is 0 Å². The van der Waals surface area contributed by atoms with Gasteiger partial charge in [-0.25, -0.2) is 4.39 Å². The molecule has 1 amide bonds. The topological polar surface area (TPSA) is 66.4 Å². The molecule has 0 radical (unpaired) electrons. The Hall–Kier alpha value is -1.33. The Bertz CT molecular complexity index is 494. The molecule has 18 heavy (non-hydrogen) atoms. The van der Waals surface area contributed by atoms with Crippen LogP contribution >= 0.6 is 23.2 Å². The van der Waals surface area contributed by atoms with Crippen molar-refractivity contribution in [1.29, 1.82) is 0 Å². The van der Waals surface area contributed by atoms with Crippen LogP contribution in [0, 0.1) is 11.2 Å². The lowest BCUT2D eigenvalue weighted by molar-refractivity contribution is -0.151. The third kappa shape index (κ3) is 2.91. The molecule has 1 aromatic rings. The maximum Gasteiger partial charge on any atom is 0.318 e. The Kier molecular flexibility index (Phi) is 4.19. The normalized spacial score (nSPS) is 11.2. The zero-order valence-electron chi connectivity index (χ0n) is 9.55. The van der Waals surface area contributed by atoms with Crippen molar-refractivity contribution in [2.75, 3.05) is 5.32 Å². The average Bonchev–Trinajstić information content (AvgIpc) is 2.25. The predicted molar refractivity (Wildman–Crippen MR) is 66.5 cm³/mol. The van der Waals surface area contributed by atoms with Crippen LogP contribution in [0.1, 0.15) is 13.8 Å². The lowest BCUT2D eigenvalue weighted by Crippen LogP contribution is -2.37. The summed E-state index contributed by atoms with van der Waals surface area (Å²) < 4.78 is 13.1. The third-order valence-electron chi connectivity index (χ3n) is 2.34. The van der Waals surface area contributed by atoms with Gasteiger partial charge in [-0.1, -0.05) is 23.2 Å². The van der Waals surface area contributed by atoms with Crippen molar-refractivity contribution in [2.24, 2.45) is 5.41 Å². The van der Waals surface area contributed by atoms with Gasteiger partial charge >= 0.3 is 5.97 Å². The van der Waals surface area contributed by atoms with Gasteiger partial charge in [0.05, 0.1) is 10.0 Å². The Morgan fingerprint density at radius 1 is 1.28 bits per heavy atom. The molecule has 1 aromatic carbocycles. The van der Waals surface area contributed by atoms with Gasteiger partial charge in [0.1, 0.15) is 5.41 Å². The molecule has 0 saturated carbocycles. The SMILES string of the molecule is CC(C)(C(=O)O)C(=O)Nc1cc(Cl)c(F)c(Cl)c1. The first kappa shape index (κ1) is 14.7. The fraction of sp³-hybridized carbons (Fsp3) is 0.273. The summed E-state index contributed by atoms with van der Waals surface area (Å²) in [5.74, 6) is -2.83. The molecule has 0 aromatic heterocycles. The molecule has 0 spiro atoms. The summed E-state index contributed by atoms with van der Waals surface area (Å²) >= 11 is 11.1. The summed E-state index contributed by atoms with van der Waals surface area (Å²) in [4.78, 5) is 22.6. The number of halogens is 3. The van der Waals surface area contributed by atoms with E-state index in [2.05, 4.69) is 5.32 Å². The number of benzene rings is 1. The second-order valence-corrected chi connectivity index (χ2v) is 4.95. The van der Waals surface area contributed by atoms with Crippen LogP contribution in [0.4, 0.5) is 10.1 Å². The minimum absolute atomic E-state index is 0.130. The molecular formula is C11H10Cl2FNO3. The quantitative estimate of drug-likeness (QED) is 0.664. The van der Waals surface area contributed by atoms with E-state index in [-0.39, 0.29) is 15.7 Å². The molecule has 0 aliphatic rings. The van der Waals surface area contributed by atoms with Crippen LogP contribution in [-0.2, 0) is 9.59 Å². The molecule has 0 aliphatic heterocycles. The van der Waals surface area contributed by atoms with Gasteiger partial charge in [-0.15, -0.1) is 0 Å². The monoisotopic (exact) mass is 293 g/mol. The second-order valence-electron chi connectivity index (χ2n) is 4.14. The minimum Gasteiger partial charge on any atom is -0.480 e. The Balaban J connectivity index is 3.00. The number of aliphatic carboxylic acids is 1. The maximum absolute atomic E-state index is 13.1.